The quantitative estimate of drug-likeness (QED) is 0.0795. The lowest BCUT2D eigenvalue weighted by atomic mass is 9.80. The lowest BCUT2D eigenvalue weighted by Crippen LogP contribution is -2.35. The van der Waals surface area contributed by atoms with E-state index in [0.717, 1.165) is 34.9 Å². The summed E-state index contributed by atoms with van der Waals surface area (Å²) in [6.45, 7) is 9.96. The van der Waals surface area contributed by atoms with E-state index < -0.39 is 33.5 Å². The van der Waals surface area contributed by atoms with Crippen molar-refractivity contribution in [1.82, 2.24) is 0 Å². The molecule has 0 heterocycles. The van der Waals surface area contributed by atoms with Gasteiger partial charge in [-0.1, -0.05) is 136 Å². The summed E-state index contributed by atoms with van der Waals surface area (Å²) in [6, 6.07) is 38.8. The molecule has 2 aliphatic rings. The summed E-state index contributed by atoms with van der Waals surface area (Å²) in [5, 5.41) is 7.00. The smallest absolute Gasteiger partial charge is 0.306 e. The van der Waals surface area contributed by atoms with Crippen LogP contribution in [0.4, 0.5) is 0 Å². The van der Waals surface area contributed by atoms with Crippen LogP contribution in [0.5, 0.6) is 0 Å². The molecule has 0 aromatic heterocycles. The molecule has 2 unspecified atom stereocenters. The second kappa shape index (κ2) is 21.6. The highest BCUT2D eigenvalue weighted by molar-refractivity contribution is 7.86. The van der Waals surface area contributed by atoms with E-state index in [1.54, 1.807) is 19.1 Å². The van der Waals surface area contributed by atoms with E-state index in [1.807, 2.05) is 81.4 Å². The highest BCUT2D eigenvalue weighted by Gasteiger charge is 2.37. The van der Waals surface area contributed by atoms with Gasteiger partial charge in [0.15, 0.2) is 0 Å². The minimum absolute atomic E-state index is 0. The van der Waals surface area contributed by atoms with Gasteiger partial charge in [0, 0.05) is 24.4 Å². The summed E-state index contributed by atoms with van der Waals surface area (Å²) in [7, 11) is -3.08. The number of aliphatic hydroxyl groups is 1. The summed E-state index contributed by atoms with van der Waals surface area (Å²) in [5.74, 6) is -1.26. The van der Waals surface area contributed by atoms with Crippen molar-refractivity contribution in [3.05, 3.63) is 149 Å². The van der Waals surface area contributed by atoms with Crippen LogP contribution < -0.4 is 0 Å². The molecule has 0 spiro atoms. The van der Waals surface area contributed by atoms with E-state index in [2.05, 4.69) is 36.4 Å². The summed E-state index contributed by atoms with van der Waals surface area (Å²) in [5.41, 5.74) is 8.15. The van der Waals surface area contributed by atoms with Crippen LogP contribution in [0, 0.1) is 17.8 Å². The Kier molecular flexibility index (Phi) is 17.1. The van der Waals surface area contributed by atoms with E-state index in [0.29, 0.717) is 13.0 Å². The molecule has 10 nitrogen and oxygen atoms in total. The zero-order valence-corrected chi connectivity index (χ0v) is 37.3. The standard InChI is InChI=1S/C28H28O6S.C22H24O3.CH4O.CH4/c1-19-12-14-21(15-13-19)35(31,32)34-18-28(3,20(2)29)16-27(30)33-17-26-24-10-6-4-8-22(24)23-9-5-7-11-25(23)26;1-4-22(3,15(2)23)13-21(24)25-14-20-18-11-7-5-9-16(18)17-10-6-8-12-19(17)20;1-2;/h4-15,26H,16-18H2,1-3H3;5-12,20H,4,13-14H2,1-3H3;2H,1H3;1H4. The summed E-state index contributed by atoms with van der Waals surface area (Å²) >= 11 is 0. The molecule has 63 heavy (non-hydrogen) atoms. The summed E-state index contributed by atoms with van der Waals surface area (Å²) in [6.07, 6.45) is 0.475. The number of hydrogen-bond donors (Lipinski definition) is 1. The van der Waals surface area contributed by atoms with Gasteiger partial charge >= 0.3 is 11.9 Å². The minimum atomic E-state index is -4.08. The molecular weight excluding hydrogens is 817 g/mol. The van der Waals surface area contributed by atoms with Gasteiger partial charge in [0.25, 0.3) is 10.1 Å². The van der Waals surface area contributed by atoms with Crippen LogP contribution in [0.2, 0.25) is 0 Å². The predicted octanol–water partition coefficient (Wildman–Crippen LogP) is 10.0. The number of fused-ring (bicyclic) bond motifs is 6. The van der Waals surface area contributed by atoms with Crippen LogP contribution in [0.15, 0.2) is 126 Å². The normalized spacial score (nSPS) is 14.2. The number of ketones is 2. The lowest BCUT2D eigenvalue weighted by molar-refractivity contribution is -0.150. The molecule has 7 rings (SSSR count). The van der Waals surface area contributed by atoms with Crippen molar-refractivity contribution in [2.24, 2.45) is 10.8 Å². The van der Waals surface area contributed by atoms with E-state index in [1.165, 1.54) is 48.2 Å². The fraction of sp³-hybridized carbons (Fsp3) is 0.346. The predicted molar refractivity (Wildman–Crippen MR) is 246 cm³/mol. The van der Waals surface area contributed by atoms with Gasteiger partial charge in [0.1, 0.15) is 24.8 Å². The first-order valence-electron chi connectivity index (χ1n) is 20.7. The summed E-state index contributed by atoms with van der Waals surface area (Å²) in [4.78, 5) is 49.3. The van der Waals surface area contributed by atoms with Gasteiger partial charge in [-0.05, 0) is 90.8 Å². The van der Waals surface area contributed by atoms with Gasteiger partial charge in [0.2, 0.25) is 0 Å². The molecule has 0 radical (unpaired) electrons. The maximum absolute atomic E-state index is 12.8. The Morgan fingerprint density at radius 2 is 0.905 bits per heavy atom. The van der Waals surface area contributed by atoms with E-state index >= 15 is 0 Å². The van der Waals surface area contributed by atoms with Gasteiger partial charge in [0.05, 0.1) is 29.8 Å². The maximum atomic E-state index is 12.8. The van der Waals surface area contributed by atoms with Crippen molar-refractivity contribution < 1.29 is 46.4 Å². The number of Topliss-reactive ketones (excluding diaryl/α,β-unsaturated/α-hetero) is 2. The Labute approximate surface area is 372 Å². The lowest BCUT2D eigenvalue weighted by Gasteiger charge is -2.25. The zero-order chi connectivity index (χ0) is 45.2. The number of carbonyl (C=O) groups excluding carboxylic acids is 4. The Morgan fingerprint density at radius 1 is 0.571 bits per heavy atom. The first-order chi connectivity index (χ1) is 29.6. The topological polar surface area (TPSA) is 150 Å². The number of aryl methyl sites for hydroxylation is 1. The number of ether oxygens (including phenoxy) is 2. The third kappa shape index (κ3) is 11.4. The van der Waals surface area contributed by atoms with Crippen molar-refractivity contribution in [2.75, 3.05) is 26.9 Å². The molecule has 0 fully saturated rings. The fourth-order valence-electron chi connectivity index (χ4n) is 7.73. The molecule has 1 N–H and O–H groups in total. The zero-order valence-electron chi connectivity index (χ0n) is 36.5. The Morgan fingerprint density at radius 3 is 1.24 bits per heavy atom. The number of carbonyl (C=O) groups is 4. The van der Waals surface area contributed by atoms with E-state index in [9.17, 15) is 27.6 Å². The molecule has 0 saturated carbocycles. The van der Waals surface area contributed by atoms with Gasteiger partial charge in [-0.3, -0.25) is 23.4 Å². The molecule has 5 aromatic carbocycles. The van der Waals surface area contributed by atoms with E-state index in [-0.39, 0.29) is 61.1 Å². The molecule has 11 heteroatoms. The maximum Gasteiger partial charge on any atom is 0.306 e. The van der Waals surface area contributed by atoms with Crippen LogP contribution in [0.25, 0.3) is 22.3 Å². The third-order valence-electron chi connectivity index (χ3n) is 12.1. The molecule has 0 saturated heterocycles. The highest BCUT2D eigenvalue weighted by atomic mass is 32.2. The molecule has 0 bridgehead atoms. The Balaban J connectivity index is 0.000000275. The van der Waals surface area contributed by atoms with Crippen molar-refractivity contribution in [3.63, 3.8) is 0 Å². The molecule has 334 valence electrons. The molecule has 0 amide bonds. The second-order valence-electron chi connectivity index (χ2n) is 16.3. The second-order valence-corrected chi connectivity index (χ2v) is 17.9. The van der Waals surface area contributed by atoms with Crippen LogP contribution in [0.1, 0.15) is 101 Å². The number of rotatable bonds is 15. The minimum Gasteiger partial charge on any atom is -0.465 e. The number of esters is 2. The summed E-state index contributed by atoms with van der Waals surface area (Å²) < 4.78 is 41.6. The van der Waals surface area contributed by atoms with Crippen LogP contribution in [-0.4, -0.2) is 64.0 Å². The van der Waals surface area contributed by atoms with Crippen molar-refractivity contribution in [2.45, 2.75) is 85.0 Å². The third-order valence-corrected chi connectivity index (χ3v) is 13.4. The van der Waals surface area contributed by atoms with Gasteiger partial charge in [-0.2, -0.15) is 8.42 Å². The first-order valence-corrected chi connectivity index (χ1v) is 22.1. The van der Waals surface area contributed by atoms with E-state index in [4.69, 9.17) is 18.8 Å². The average Bonchev–Trinajstić information content (AvgIpc) is 3.77. The monoisotopic (exact) mass is 876 g/mol. The molecule has 2 atom stereocenters. The number of hydrogen-bond acceptors (Lipinski definition) is 10. The molecule has 0 aliphatic heterocycles. The van der Waals surface area contributed by atoms with Crippen LogP contribution >= 0.6 is 0 Å². The van der Waals surface area contributed by atoms with Crippen molar-refractivity contribution in [1.29, 1.82) is 0 Å². The van der Waals surface area contributed by atoms with Gasteiger partial charge in [-0.15, -0.1) is 0 Å². The number of benzene rings is 5. The van der Waals surface area contributed by atoms with Gasteiger partial charge in [-0.25, -0.2) is 0 Å². The van der Waals surface area contributed by atoms with Crippen molar-refractivity contribution >= 4 is 33.6 Å². The Hall–Kier alpha value is -5.75. The number of aliphatic hydroxyl groups excluding tert-OH is 1. The van der Waals surface area contributed by atoms with Crippen molar-refractivity contribution in [3.8, 4) is 22.3 Å². The SMILES string of the molecule is C.CC(=O)C(C)(COS(=O)(=O)c1ccc(C)cc1)CC(=O)OCC1c2ccccc2-c2ccccc21.CCC(C)(CC(=O)OCC1c2ccccc2-c2ccccc21)C(C)=O.CO. The largest absolute Gasteiger partial charge is 0.465 e. The molecule has 2 aliphatic carbocycles. The van der Waals surface area contributed by atoms with Crippen LogP contribution in [0.3, 0.4) is 0 Å². The highest BCUT2D eigenvalue weighted by Crippen LogP contribution is 2.46. The fourth-order valence-corrected chi connectivity index (χ4v) is 8.75. The average molecular weight is 877 g/mol. The molecular formula is C52H60O10S. The molecule has 5 aromatic rings. The first kappa shape index (κ1) is 49.9. The van der Waals surface area contributed by atoms with Crippen LogP contribution in [-0.2, 0) is 43.0 Å². The van der Waals surface area contributed by atoms with Gasteiger partial charge < -0.3 is 14.6 Å². The Bertz CT molecular complexity index is 2420.